The van der Waals surface area contributed by atoms with Gasteiger partial charge in [-0.05, 0) is 98.4 Å². The van der Waals surface area contributed by atoms with Crippen LogP contribution in [0.2, 0.25) is 0 Å². The van der Waals surface area contributed by atoms with Gasteiger partial charge in [0.2, 0.25) is 5.79 Å². The molecule has 1 fully saturated rings. The van der Waals surface area contributed by atoms with Crippen LogP contribution in [0.4, 0.5) is 4.79 Å². The lowest BCUT2D eigenvalue weighted by Gasteiger charge is -2.60. The molecule has 0 spiro atoms. The van der Waals surface area contributed by atoms with Gasteiger partial charge in [0.1, 0.15) is 36.4 Å². The molecular weight excluding hydrogens is 768 g/mol. The molecule has 0 radical (unpaired) electrons. The quantitative estimate of drug-likeness (QED) is 0.0501. The number of amides is 1. The standard InChI is InChI=1S/C48H61ClN2O8/c1-6-26-55-36-21-22-42-40(30-36)44-38(20-11-13-25-53)34(16-10-12-24-52)29-39-41(50-59-47(3,4)5)31-43(48(58-42,45(39)44)57-27-7-2)51(46(54)56-28-23-49)32-35-18-14-17-33-15-8-9-19-37(33)35/h6-9,14-15,17-19,21-22,29-30,34,38,43-45,52-53H,1-2,10-13,16,20,23-28,31-32H2,3-5H3. The van der Waals surface area contributed by atoms with Crippen molar-refractivity contribution < 1.29 is 38.8 Å². The number of carbonyl (C=O) groups excluding carboxylic acids is 1. The van der Waals surface area contributed by atoms with Crippen LogP contribution in [0.25, 0.3) is 10.8 Å². The van der Waals surface area contributed by atoms with Crippen LogP contribution in [0.15, 0.2) is 103 Å². The van der Waals surface area contributed by atoms with Gasteiger partial charge in [-0.1, -0.05) is 85.3 Å². The number of allylic oxidation sites excluding steroid dienone is 1. The van der Waals surface area contributed by atoms with Gasteiger partial charge >= 0.3 is 6.09 Å². The monoisotopic (exact) mass is 828 g/mol. The summed E-state index contributed by atoms with van der Waals surface area (Å²) in [5.74, 6) is -0.506. The molecule has 1 saturated carbocycles. The molecule has 1 heterocycles. The first-order valence-electron chi connectivity index (χ1n) is 21.0. The molecule has 11 heteroatoms. The van der Waals surface area contributed by atoms with Gasteiger partial charge in [0.05, 0.1) is 30.7 Å². The number of aliphatic hydroxyl groups is 2. The van der Waals surface area contributed by atoms with Crippen molar-refractivity contribution in [1.29, 1.82) is 0 Å². The summed E-state index contributed by atoms with van der Waals surface area (Å²) in [5.41, 5.74) is 2.96. The van der Waals surface area contributed by atoms with E-state index in [-0.39, 0.29) is 63.0 Å². The number of nitrogens with zero attached hydrogens (tertiary/aromatic N) is 2. The third-order valence-electron chi connectivity index (χ3n) is 11.6. The predicted octanol–water partition coefficient (Wildman–Crippen LogP) is 9.71. The number of benzene rings is 3. The van der Waals surface area contributed by atoms with Crippen LogP contribution >= 0.6 is 11.6 Å². The Hall–Kier alpha value is -4.35. The maximum absolute atomic E-state index is 14.7. The summed E-state index contributed by atoms with van der Waals surface area (Å²) in [5, 5.41) is 26.8. The highest BCUT2D eigenvalue weighted by Crippen LogP contribution is 2.62. The molecule has 3 aromatic rings. The highest BCUT2D eigenvalue weighted by atomic mass is 35.5. The minimum absolute atomic E-state index is 0.0184. The molecule has 3 aliphatic rings. The summed E-state index contributed by atoms with van der Waals surface area (Å²) in [6, 6.07) is 19.4. The average Bonchev–Trinajstić information content (AvgIpc) is 3.23. The molecule has 3 aromatic carbocycles. The van der Waals surface area contributed by atoms with Crippen LogP contribution in [-0.2, 0) is 20.9 Å². The Kier molecular flexibility index (Phi) is 15.2. The van der Waals surface area contributed by atoms with Gasteiger partial charge in [-0.15, -0.1) is 18.2 Å². The lowest BCUT2D eigenvalue weighted by atomic mass is 9.55. The van der Waals surface area contributed by atoms with E-state index in [2.05, 4.69) is 43.5 Å². The van der Waals surface area contributed by atoms with E-state index >= 15 is 0 Å². The Labute approximate surface area is 354 Å². The van der Waals surface area contributed by atoms with Gasteiger partial charge in [0.15, 0.2) is 0 Å². The van der Waals surface area contributed by atoms with E-state index in [1.165, 1.54) is 0 Å². The van der Waals surface area contributed by atoms with Crippen LogP contribution in [-0.4, -0.2) is 83.3 Å². The number of fused-ring (bicyclic) bond motifs is 3. The zero-order valence-corrected chi connectivity index (χ0v) is 35.6. The lowest BCUT2D eigenvalue weighted by Crippen LogP contribution is -2.70. The van der Waals surface area contributed by atoms with E-state index in [0.717, 1.165) is 53.2 Å². The molecular formula is C48H61ClN2O8. The second kappa shape index (κ2) is 20.3. The Balaban J connectivity index is 1.64. The molecule has 0 saturated heterocycles. The normalized spacial score (nSPS) is 24.0. The Morgan fingerprint density at radius 1 is 1.00 bits per heavy atom. The Morgan fingerprint density at radius 2 is 1.75 bits per heavy atom. The fourth-order valence-electron chi connectivity index (χ4n) is 9.21. The largest absolute Gasteiger partial charge is 0.490 e. The molecule has 59 heavy (non-hydrogen) atoms. The van der Waals surface area contributed by atoms with Crippen molar-refractivity contribution in [3.8, 4) is 11.5 Å². The number of hydrogen-bond acceptors (Lipinski definition) is 9. The number of hydrogen-bond donors (Lipinski definition) is 2. The first-order valence-corrected chi connectivity index (χ1v) is 21.6. The second-order valence-electron chi connectivity index (χ2n) is 16.6. The van der Waals surface area contributed by atoms with Crippen molar-refractivity contribution >= 4 is 34.2 Å². The van der Waals surface area contributed by atoms with Gasteiger partial charge in [0.25, 0.3) is 0 Å². The topological polar surface area (TPSA) is 119 Å². The number of ether oxygens (including phenoxy) is 4. The van der Waals surface area contributed by atoms with Crippen LogP contribution in [0.1, 0.15) is 82.8 Å². The molecule has 6 rings (SSSR count). The van der Waals surface area contributed by atoms with Gasteiger partial charge < -0.3 is 34.0 Å². The summed E-state index contributed by atoms with van der Waals surface area (Å²) in [6.45, 7) is 14.7. The molecule has 6 unspecified atom stereocenters. The van der Waals surface area contributed by atoms with Crippen LogP contribution in [0, 0.1) is 17.8 Å². The summed E-state index contributed by atoms with van der Waals surface area (Å²) in [7, 11) is 0. The highest BCUT2D eigenvalue weighted by molar-refractivity contribution is 6.18. The van der Waals surface area contributed by atoms with Gasteiger partial charge in [-0.3, -0.25) is 4.90 Å². The third-order valence-corrected chi connectivity index (χ3v) is 11.7. The van der Waals surface area contributed by atoms with E-state index < -0.39 is 29.4 Å². The number of halogens is 1. The minimum atomic E-state index is -1.45. The number of aliphatic hydroxyl groups excluding tert-OH is 2. The highest BCUT2D eigenvalue weighted by Gasteiger charge is 2.65. The van der Waals surface area contributed by atoms with E-state index in [0.29, 0.717) is 36.7 Å². The number of alkyl halides is 1. The van der Waals surface area contributed by atoms with Crippen molar-refractivity contribution in [3.05, 3.63) is 109 Å². The zero-order valence-electron chi connectivity index (χ0n) is 34.8. The molecule has 2 N–H and O–H groups in total. The molecule has 0 aromatic heterocycles. The van der Waals surface area contributed by atoms with Gasteiger partial charge in [0, 0.05) is 31.1 Å². The first-order chi connectivity index (χ1) is 28.6. The molecule has 318 valence electrons. The Morgan fingerprint density at radius 3 is 2.47 bits per heavy atom. The average molecular weight is 829 g/mol. The maximum Gasteiger partial charge on any atom is 0.410 e. The molecule has 2 aliphatic carbocycles. The molecule has 6 atom stereocenters. The lowest BCUT2D eigenvalue weighted by molar-refractivity contribution is -0.256. The molecule has 1 aliphatic heterocycles. The van der Waals surface area contributed by atoms with Crippen LogP contribution in [0.3, 0.4) is 0 Å². The maximum atomic E-state index is 14.7. The fourth-order valence-corrected chi connectivity index (χ4v) is 9.29. The molecule has 10 nitrogen and oxygen atoms in total. The fraction of sp³-hybridized carbons (Fsp3) is 0.500. The Bertz CT molecular complexity index is 1970. The van der Waals surface area contributed by atoms with Crippen molar-refractivity contribution in [1.82, 2.24) is 4.90 Å². The van der Waals surface area contributed by atoms with E-state index in [1.54, 1.807) is 17.1 Å². The molecule has 0 bridgehead atoms. The molecule has 1 amide bonds. The summed E-state index contributed by atoms with van der Waals surface area (Å²) in [6.07, 6.45) is 10.1. The van der Waals surface area contributed by atoms with E-state index in [9.17, 15) is 15.0 Å². The van der Waals surface area contributed by atoms with Crippen molar-refractivity contribution in [2.45, 2.75) is 95.6 Å². The van der Waals surface area contributed by atoms with Crippen LogP contribution < -0.4 is 9.47 Å². The predicted molar refractivity (Wildman–Crippen MR) is 233 cm³/mol. The third kappa shape index (κ3) is 10.00. The van der Waals surface area contributed by atoms with E-state index in [4.69, 9.17) is 40.5 Å². The smallest absolute Gasteiger partial charge is 0.410 e. The number of rotatable bonds is 20. The summed E-state index contributed by atoms with van der Waals surface area (Å²) >= 11 is 6.14. The summed E-state index contributed by atoms with van der Waals surface area (Å²) in [4.78, 5) is 22.7. The van der Waals surface area contributed by atoms with Gasteiger partial charge in [-0.25, -0.2) is 4.79 Å². The van der Waals surface area contributed by atoms with Gasteiger partial charge in [-0.2, -0.15) is 0 Å². The van der Waals surface area contributed by atoms with E-state index in [1.807, 2.05) is 57.2 Å². The zero-order chi connectivity index (χ0) is 42.0. The minimum Gasteiger partial charge on any atom is -0.490 e. The van der Waals surface area contributed by atoms with Crippen LogP contribution in [0.5, 0.6) is 11.5 Å². The van der Waals surface area contributed by atoms with Crippen molar-refractivity contribution in [2.24, 2.45) is 22.9 Å². The number of unbranched alkanes of at least 4 members (excludes halogenated alkanes) is 2. The number of oxime groups is 1. The van der Waals surface area contributed by atoms with Crippen molar-refractivity contribution in [3.63, 3.8) is 0 Å². The van der Waals surface area contributed by atoms with Crippen molar-refractivity contribution in [2.75, 3.05) is 38.9 Å². The first kappa shape index (κ1) is 44.2. The second-order valence-corrected chi connectivity index (χ2v) is 17.0. The SMILES string of the molecule is C=CCOc1ccc2c(c1)C1C(CCCCO)C(CCCCO)C=C3C(=NOC(C)(C)C)CC(N(Cc4cccc5ccccc45)C(=O)OCCCl)C(OCC=C)(O2)C31. The number of carbonyl (C=O) groups is 1. The summed E-state index contributed by atoms with van der Waals surface area (Å²) < 4.78 is 26.5.